The van der Waals surface area contributed by atoms with E-state index in [0.29, 0.717) is 16.5 Å². The number of aliphatic hydroxyl groups is 1. The molecule has 1 N–H and O–H groups in total. The summed E-state index contributed by atoms with van der Waals surface area (Å²) in [5.41, 5.74) is 0.467. The van der Waals surface area contributed by atoms with Gasteiger partial charge in [-0.3, -0.25) is 4.79 Å². The second-order valence-corrected chi connectivity index (χ2v) is 3.83. The van der Waals surface area contributed by atoms with E-state index in [0.717, 1.165) is 5.39 Å². The van der Waals surface area contributed by atoms with Gasteiger partial charge in [-0.2, -0.15) is 0 Å². The largest absolute Gasteiger partial charge is 0.505 e. The van der Waals surface area contributed by atoms with Crippen molar-refractivity contribution in [2.24, 2.45) is 5.18 Å². The molecule has 0 aliphatic heterocycles. The van der Waals surface area contributed by atoms with Gasteiger partial charge in [0.05, 0.1) is 0 Å². The molecule has 0 saturated carbocycles. The van der Waals surface area contributed by atoms with Crippen molar-refractivity contribution in [2.75, 3.05) is 0 Å². The minimum absolute atomic E-state index is 0.339. The summed E-state index contributed by atoms with van der Waals surface area (Å²) < 4.78 is 0. The Kier molecular flexibility index (Phi) is 1.86. The lowest BCUT2D eigenvalue weighted by Crippen LogP contribution is -2.11. The molecule has 0 fully saturated rings. The lowest BCUT2D eigenvalue weighted by atomic mass is 9.89. The minimum atomic E-state index is -0.526. The molecule has 0 saturated heterocycles. The zero-order valence-electron chi connectivity index (χ0n) is 8.68. The Bertz CT molecular complexity index is 696. The van der Waals surface area contributed by atoms with Crippen LogP contribution in [0.2, 0.25) is 0 Å². The van der Waals surface area contributed by atoms with Crippen molar-refractivity contribution in [2.45, 2.75) is 0 Å². The van der Waals surface area contributed by atoms with Gasteiger partial charge in [0.25, 0.3) is 0 Å². The predicted molar refractivity (Wildman–Crippen MR) is 63.6 cm³/mol. The van der Waals surface area contributed by atoms with Crippen LogP contribution in [0.3, 0.4) is 0 Å². The average Bonchev–Trinajstić information content (AvgIpc) is 2.36. The third kappa shape index (κ3) is 1.15. The molecule has 0 amide bonds. The molecule has 0 spiro atoms. The smallest absolute Gasteiger partial charge is 0.219 e. The van der Waals surface area contributed by atoms with Crippen molar-refractivity contribution in [1.29, 1.82) is 0 Å². The highest BCUT2D eigenvalue weighted by Crippen LogP contribution is 2.35. The van der Waals surface area contributed by atoms with E-state index in [-0.39, 0.29) is 5.76 Å². The predicted octanol–water partition coefficient (Wildman–Crippen LogP) is 3.03. The van der Waals surface area contributed by atoms with E-state index in [1.807, 2.05) is 12.1 Å². The molecule has 0 unspecified atom stereocenters. The van der Waals surface area contributed by atoms with E-state index in [2.05, 4.69) is 5.18 Å². The standard InChI is InChI=1S/C13H7NO3/c15-12-8-5-1-3-7-4-2-6-9(10(7)8)13(16)11(12)14-17/h1-6,15H. The number of aliphatic hydroxyl groups excluding tert-OH is 1. The van der Waals surface area contributed by atoms with Gasteiger partial charge in [0, 0.05) is 16.5 Å². The van der Waals surface area contributed by atoms with E-state index in [9.17, 15) is 14.8 Å². The van der Waals surface area contributed by atoms with Crippen LogP contribution >= 0.6 is 0 Å². The third-order valence-electron chi connectivity index (χ3n) is 2.94. The van der Waals surface area contributed by atoms with Crippen molar-refractivity contribution in [3.8, 4) is 0 Å². The topological polar surface area (TPSA) is 66.7 Å². The maximum atomic E-state index is 11.9. The average molecular weight is 225 g/mol. The van der Waals surface area contributed by atoms with Crippen LogP contribution in [-0.2, 0) is 0 Å². The number of carbonyl (C=O) groups is 1. The summed E-state index contributed by atoms with van der Waals surface area (Å²) in [7, 11) is 0. The van der Waals surface area contributed by atoms with Gasteiger partial charge in [0.15, 0.2) is 11.5 Å². The maximum Gasteiger partial charge on any atom is 0.219 e. The molecule has 0 bridgehead atoms. The lowest BCUT2D eigenvalue weighted by Gasteiger charge is -2.15. The van der Waals surface area contributed by atoms with Crippen LogP contribution in [0, 0.1) is 4.91 Å². The molecule has 17 heavy (non-hydrogen) atoms. The first-order valence-corrected chi connectivity index (χ1v) is 5.07. The Balaban J connectivity index is 2.54. The molecule has 3 rings (SSSR count). The van der Waals surface area contributed by atoms with Crippen LogP contribution in [-0.4, -0.2) is 10.9 Å². The van der Waals surface area contributed by atoms with Gasteiger partial charge in [-0.25, -0.2) is 0 Å². The fraction of sp³-hybridized carbons (Fsp3) is 0. The Morgan fingerprint density at radius 3 is 2.29 bits per heavy atom. The van der Waals surface area contributed by atoms with E-state index in [4.69, 9.17) is 0 Å². The highest BCUT2D eigenvalue weighted by Gasteiger charge is 2.28. The highest BCUT2D eigenvalue weighted by atomic mass is 16.3. The summed E-state index contributed by atoms with van der Waals surface area (Å²) in [5, 5.41) is 14.0. The number of nitrogens with zero attached hydrogens (tertiary/aromatic N) is 1. The van der Waals surface area contributed by atoms with Crippen LogP contribution in [0.4, 0.5) is 0 Å². The fourth-order valence-electron chi connectivity index (χ4n) is 2.17. The number of carbonyl (C=O) groups excluding carboxylic acids is 1. The van der Waals surface area contributed by atoms with Gasteiger partial charge in [-0.1, -0.05) is 36.4 Å². The monoisotopic (exact) mass is 225 g/mol. The van der Waals surface area contributed by atoms with E-state index in [1.54, 1.807) is 24.3 Å². The first kappa shape index (κ1) is 9.72. The highest BCUT2D eigenvalue weighted by molar-refractivity contribution is 6.23. The van der Waals surface area contributed by atoms with Crippen LogP contribution in [0.5, 0.6) is 0 Å². The third-order valence-corrected chi connectivity index (χ3v) is 2.94. The quantitative estimate of drug-likeness (QED) is 0.758. The Labute approximate surface area is 96.2 Å². The summed E-state index contributed by atoms with van der Waals surface area (Å²) >= 11 is 0. The number of rotatable bonds is 1. The summed E-state index contributed by atoms with van der Waals surface area (Å²) in [4.78, 5) is 22.6. The first-order chi connectivity index (χ1) is 8.24. The molecular formula is C13H7NO3. The molecule has 0 heterocycles. The molecule has 0 aromatic heterocycles. The molecule has 82 valence electrons. The number of hydrogen-bond donors (Lipinski definition) is 1. The molecule has 1 aliphatic rings. The van der Waals surface area contributed by atoms with E-state index in [1.165, 1.54) is 0 Å². The van der Waals surface area contributed by atoms with Gasteiger partial charge in [0.2, 0.25) is 5.78 Å². The van der Waals surface area contributed by atoms with Gasteiger partial charge < -0.3 is 5.11 Å². The Morgan fingerprint density at radius 2 is 1.65 bits per heavy atom. The molecule has 1 aliphatic carbocycles. The minimum Gasteiger partial charge on any atom is -0.505 e. The zero-order chi connectivity index (χ0) is 12.0. The van der Waals surface area contributed by atoms with Crippen molar-refractivity contribution < 1.29 is 9.90 Å². The van der Waals surface area contributed by atoms with Gasteiger partial charge in [-0.05, 0) is 10.6 Å². The lowest BCUT2D eigenvalue weighted by molar-refractivity contribution is 0.103. The number of benzene rings is 2. The normalized spacial score (nSPS) is 14.2. The molecule has 2 aromatic carbocycles. The molecule has 0 atom stereocenters. The van der Waals surface area contributed by atoms with Crippen molar-refractivity contribution in [3.05, 3.63) is 58.1 Å². The van der Waals surface area contributed by atoms with Crippen LogP contribution in [0.15, 0.2) is 47.3 Å². The number of allylic oxidation sites excluding steroid dienone is 1. The Hall–Kier alpha value is -2.49. The SMILES string of the molecule is O=NC1=C(O)c2cccc3cccc(c23)C1=O. The molecule has 2 aromatic rings. The zero-order valence-corrected chi connectivity index (χ0v) is 8.68. The second kappa shape index (κ2) is 3.25. The van der Waals surface area contributed by atoms with Crippen LogP contribution < -0.4 is 0 Å². The van der Waals surface area contributed by atoms with Crippen LogP contribution in [0.25, 0.3) is 16.5 Å². The number of Topliss-reactive ketones (excluding diaryl/α,β-unsaturated/α-hetero) is 1. The van der Waals surface area contributed by atoms with Crippen molar-refractivity contribution >= 4 is 22.3 Å². The summed E-state index contributed by atoms with van der Waals surface area (Å²) in [6.45, 7) is 0. The molecule has 4 nitrogen and oxygen atoms in total. The molecule has 0 radical (unpaired) electrons. The summed E-state index contributed by atoms with van der Waals surface area (Å²) in [6.07, 6.45) is 0. The summed E-state index contributed by atoms with van der Waals surface area (Å²) in [5.74, 6) is -0.865. The number of nitroso groups, excluding NO2 is 1. The fourth-order valence-corrected chi connectivity index (χ4v) is 2.17. The Morgan fingerprint density at radius 1 is 1.00 bits per heavy atom. The van der Waals surface area contributed by atoms with Gasteiger partial charge in [0.1, 0.15) is 0 Å². The van der Waals surface area contributed by atoms with Gasteiger partial charge in [-0.15, -0.1) is 4.91 Å². The van der Waals surface area contributed by atoms with Crippen molar-refractivity contribution in [3.63, 3.8) is 0 Å². The van der Waals surface area contributed by atoms with E-state index >= 15 is 0 Å². The van der Waals surface area contributed by atoms with Crippen LogP contribution in [0.1, 0.15) is 15.9 Å². The maximum absolute atomic E-state index is 11.9. The molecule has 4 heteroatoms. The summed E-state index contributed by atoms with van der Waals surface area (Å²) in [6, 6.07) is 10.5. The number of ketones is 1. The number of hydrogen-bond acceptors (Lipinski definition) is 4. The van der Waals surface area contributed by atoms with Crippen molar-refractivity contribution in [1.82, 2.24) is 0 Å². The van der Waals surface area contributed by atoms with Gasteiger partial charge >= 0.3 is 0 Å². The first-order valence-electron chi connectivity index (χ1n) is 5.07. The molecular weight excluding hydrogens is 218 g/mol. The van der Waals surface area contributed by atoms with E-state index < -0.39 is 11.5 Å². The second-order valence-electron chi connectivity index (χ2n) is 3.83.